The number of thiazole rings is 1. The molecule has 0 unspecified atom stereocenters. The average Bonchev–Trinajstić information content (AvgIpc) is 2.95. The molecule has 0 aliphatic heterocycles. The predicted octanol–water partition coefficient (Wildman–Crippen LogP) is 3.10. The molecule has 0 aliphatic rings. The molecule has 0 radical (unpaired) electrons. The molecule has 2 N–H and O–H groups in total. The van der Waals surface area contributed by atoms with Crippen LogP contribution in [0.2, 0.25) is 0 Å². The average molecular weight is 384 g/mol. The number of nitrogens with zero attached hydrogens (tertiary/aromatic N) is 3. The van der Waals surface area contributed by atoms with Gasteiger partial charge in [-0.1, -0.05) is 0 Å². The van der Waals surface area contributed by atoms with E-state index in [0.29, 0.717) is 12.4 Å². The molecular weight excluding hydrogens is 374 g/mol. The van der Waals surface area contributed by atoms with Crippen LogP contribution in [0.25, 0.3) is 10.5 Å². The van der Waals surface area contributed by atoms with Crippen molar-refractivity contribution in [1.82, 2.24) is 9.38 Å². The van der Waals surface area contributed by atoms with Crippen molar-refractivity contribution in [3.8, 4) is 0 Å². The second-order valence-corrected chi connectivity index (χ2v) is 5.59. The molecule has 2 rings (SSSR count). The van der Waals surface area contributed by atoms with Crippen molar-refractivity contribution in [1.29, 1.82) is 0 Å². The normalized spacial score (nSPS) is 13.9. The summed E-state index contributed by atoms with van der Waals surface area (Å²) in [7, 11) is 0. The molecule has 2 heterocycles. The van der Waals surface area contributed by atoms with Crippen LogP contribution in [0.4, 0.5) is 26.3 Å². The van der Waals surface area contributed by atoms with E-state index in [9.17, 15) is 31.1 Å². The van der Waals surface area contributed by atoms with Crippen LogP contribution >= 0.6 is 11.3 Å². The summed E-state index contributed by atoms with van der Waals surface area (Å²) in [5, 5.41) is 1.37. The fourth-order valence-corrected chi connectivity index (χ4v) is 2.60. The van der Waals surface area contributed by atoms with Crippen molar-refractivity contribution in [3.63, 3.8) is 0 Å². The topological polar surface area (TPSA) is 72.8 Å². The minimum absolute atomic E-state index is 0.175. The largest absolute Gasteiger partial charge is 0.434 e. The van der Waals surface area contributed by atoms with Crippen LogP contribution in [0.3, 0.4) is 0 Å². The molecule has 0 saturated heterocycles. The fraction of sp³-hybridized carbons (Fsp3) is 0.308. The first-order valence-corrected chi connectivity index (χ1v) is 7.48. The van der Waals surface area contributed by atoms with E-state index < -0.39 is 47.7 Å². The lowest BCUT2D eigenvalue weighted by Gasteiger charge is -2.12. The summed E-state index contributed by atoms with van der Waals surface area (Å²) in [5.41, 5.74) is 1.40. The Bertz CT molecular complexity index is 877. The Hall–Kier alpha value is -2.37. The van der Waals surface area contributed by atoms with Crippen LogP contribution in [0, 0.1) is 0 Å². The number of aliphatic imine (C=N–C) groups is 1. The summed E-state index contributed by atoms with van der Waals surface area (Å²) < 4.78 is 76.9. The molecule has 0 amide bonds. The van der Waals surface area contributed by atoms with Crippen molar-refractivity contribution < 1.29 is 26.3 Å². The molecule has 0 spiro atoms. The quantitative estimate of drug-likeness (QED) is 0.650. The first-order chi connectivity index (χ1) is 11.5. The van der Waals surface area contributed by atoms with Gasteiger partial charge in [0.25, 0.3) is 5.56 Å². The van der Waals surface area contributed by atoms with E-state index in [2.05, 4.69) is 9.98 Å². The summed E-state index contributed by atoms with van der Waals surface area (Å²) in [6.45, 7) is -0.711. The van der Waals surface area contributed by atoms with E-state index in [-0.39, 0.29) is 4.96 Å². The molecule has 0 aromatic carbocycles. The Labute approximate surface area is 140 Å². The molecule has 5 nitrogen and oxygen atoms in total. The maximum Gasteiger partial charge on any atom is 0.434 e. The van der Waals surface area contributed by atoms with Gasteiger partial charge in [0.15, 0.2) is 10.7 Å². The third kappa shape index (κ3) is 4.38. The van der Waals surface area contributed by atoms with Crippen molar-refractivity contribution in [3.05, 3.63) is 39.4 Å². The minimum Gasteiger partial charge on any atom is -0.404 e. The molecule has 0 atom stereocenters. The number of allylic oxidation sites excluding steroid dienone is 1. The van der Waals surface area contributed by atoms with Crippen molar-refractivity contribution in [2.45, 2.75) is 18.8 Å². The van der Waals surface area contributed by atoms with E-state index in [1.54, 1.807) is 0 Å². The van der Waals surface area contributed by atoms with Gasteiger partial charge in [0.05, 0.1) is 12.0 Å². The van der Waals surface area contributed by atoms with E-state index >= 15 is 0 Å². The van der Waals surface area contributed by atoms with Crippen LogP contribution in [0.1, 0.15) is 17.7 Å². The van der Waals surface area contributed by atoms with Gasteiger partial charge < -0.3 is 5.73 Å². The standard InChI is InChI=1S/C13H10F6N4OS/c14-12(15,16)1-2-21-6-7(5-20)8-9(13(17,18)19)22-11-23(10(8)24)3-4-25-11/h3-6H,1-2,20H2. The summed E-state index contributed by atoms with van der Waals surface area (Å²) in [4.78, 5) is 19.0. The summed E-state index contributed by atoms with van der Waals surface area (Å²) in [5.74, 6) is 0. The number of hydrogen-bond donors (Lipinski definition) is 1. The summed E-state index contributed by atoms with van der Waals surface area (Å²) in [6.07, 6.45) is -8.07. The van der Waals surface area contributed by atoms with E-state index in [1.165, 1.54) is 11.6 Å². The van der Waals surface area contributed by atoms with Crippen molar-refractivity contribution in [2.24, 2.45) is 10.7 Å². The molecule has 0 fully saturated rings. The van der Waals surface area contributed by atoms with E-state index in [0.717, 1.165) is 15.7 Å². The Morgan fingerprint density at radius 3 is 2.56 bits per heavy atom. The fourth-order valence-electron chi connectivity index (χ4n) is 1.89. The van der Waals surface area contributed by atoms with Gasteiger partial charge in [0, 0.05) is 36.1 Å². The maximum absolute atomic E-state index is 13.2. The van der Waals surface area contributed by atoms with Gasteiger partial charge >= 0.3 is 12.4 Å². The van der Waals surface area contributed by atoms with Gasteiger partial charge in [0.1, 0.15) is 0 Å². The lowest BCUT2D eigenvalue weighted by atomic mass is 10.1. The highest BCUT2D eigenvalue weighted by Crippen LogP contribution is 2.32. The van der Waals surface area contributed by atoms with Gasteiger partial charge in [-0.3, -0.25) is 14.2 Å². The second-order valence-electron chi connectivity index (χ2n) is 4.72. The number of fused-ring (bicyclic) bond motifs is 1. The van der Waals surface area contributed by atoms with E-state index in [1.807, 2.05) is 0 Å². The zero-order valence-electron chi connectivity index (χ0n) is 12.2. The number of alkyl halides is 6. The number of nitrogens with two attached hydrogens (primary N) is 1. The Balaban J connectivity index is 2.51. The number of aromatic nitrogens is 2. The molecule has 136 valence electrons. The Morgan fingerprint density at radius 1 is 1.32 bits per heavy atom. The molecule has 2 aromatic rings. The number of halogens is 6. The van der Waals surface area contributed by atoms with E-state index in [4.69, 9.17) is 5.73 Å². The summed E-state index contributed by atoms with van der Waals surface area (Å²) in [6, 6.07) is 0. The smallest absolute Gasteiger partial charge is 0.404 e. The summed E-state index contributed by atoms with van der Waals surface area (Å²) >= 11 is 0.826. The van der Waals surface area contributed by atoms with Gasteiger partial charge in [-0.2, -0.15) is 26.3 Å². The molecule has 0 aliphatic carbocycles. The Kier molecular flexibility index (Phi) is 5.20. The van der Waals surface area contributed by atoms with Gasteiger partial charge in [0.2, 0.25) is 0 Å². The van der Waals surface area contributed by atoms with Crippen LogP contribution in [-0.2, 0) is 6.18 Å². The molecule has 2 aromatic heterocycles. The lowest BCUT2D eigenvalue weighted by Crippen LogP contribution is -2.25. The van der Waals surface area contributed by atoms with Gasteiger partial charge in [-0.15, -0.1) is 11.3 Å². The third-order valence-corrected chi connectivity index (χ3v) is 3.71. The molecule has 12 heteroatoms. The Morgan fingerprint density at radius 2 is 2.00 bits per heavy atom. The van der Waals surface area contributed by atoms with Gasteiger partial charge in [-0.05, 0) is 0 Å². The number of rotatable bonds is 4. The van der Waals surface area contributed by atoms with Crippen LogP contribution in [0.15, 0.2) is 27.6 Å². The van der Waals surface area contributed by atoms with Crippen LogP contribution in [0.5, 0.6) is 0 Å². The minimum atomic E-state index is -4.96. The van der Waals surface area contributed by atoms with Gasteiger partial charge in [-0.25, -0.2) is 4.98 Å². The molecule has 25 heavy (non-hydrogen) atoms. The van der Waals surface area contributed by atoms with Crippen LogP contribution in [-0.4, -0.2) is 28.3 Å². The highest BCUT2D eigenvalue weighted by molar-refractivity contribution is 7.15. The first kappa shape index (κ1) is 19.0. The highest BCUT2D eigenvalue weighted by Gasteiger charge is 2.38. The number of hydrogen-bond acceptors (Lipinski definition) is 5. The highest BCUT2D eigenvalue weighted by atomic mass is 32.1. The lowest BCUT2D eigenvalue weighted by molar-refractivity contribution is -0.141. The first-order valence-electron chi connectivity index (χ1n) is 6.60. The maximum atomic E-state index is 13.2. The van der Waals surface area contributed by atoms with Crippen molar-refractivity contribution >= 4 is 28.1 Å². The van der Waals surface area contributed by atoms with Crippen LogP contribution < -0.4 is 11.3 Å². The monoisotopic (exact) mass is 384 g/mol. The SMILES string of the molecule is NC=C(C=NCCC(F)(F)F)c1c(C(F)(F)F)nc2sccn2c1=O. The third-order valence-electron chi connectivity index (χ3n) is 2.96. The zero-order chi connectivity index (χ0) is 18.8. The van der Waals surface area contributed by atoms with Crippen molar-refractivity contribution in [2.75, 3.05) is 6.54 Å². The second kappa shape index (κ2) is 6.86. The molecular formula is C13H10F6N4OS. The predicted molar refractivity (Wildman–Crippen MR) is 80.5 cm³/mol. The molecule has 0 saturated carbocycles. The zero-order valence-corrected chi connectivity index (χ0v) is 13.0. The molecule has 0 bridgehead atoms.